The minimum absolute atomic E-state index is 0.506. The maximum absolute atomic E-state index is 5.46. The van der Waals surface area contributed by atoms with E-state index in [9.17, 15) is 0 Å². The molecule has 0 aliphatic carbocycles. The maximum atomic E-state index is 5.46. The van der Waals surface area contributed by atoms with Gasteiger partial charge < -0.3 is 4.42 Å². The summed E-state index contributed by atoms with van der Waals surface area (Å²) in [5, 5.41) is 12.3. The molecular formula is C13H19N5O. The van der Waals surface area contributed by atoms with Crippen molar-refractivity contribution in [3.63, 3.8) is 0 Å². The van der Waals surface area contributed by atoms with E-state index in [0.717, 1.165) is 19.6 Å². The van der Waals surface area contributed by atoms with Gasteiger partial charge in [-0.05, 0) is 31.9 Å². The Balaban J connectivity index is 1.64. The van der Waals surface area contributed by atoms with E-state index in [4.69, 9.17) is 4.42 Å². The Morgan fingerprint density at radius 3 is 2.95 bits per heavy atom. The van der Waals surface area contributed by atoms with Gasteiger partial charge in [0.1, 0.15) is 0 Å². The van der Waals surface area contributed by atoms with E-state index in [-0.39, 0.29) is 0 Å². The number of hydrogen-bond acceptors (Lipinski definition) is 5. The Hall–Kier alpha value is -1.69. The zero-order valence-corrected chi connectivity index (χ0v) is 11.4. The molecule has 1 atom stereocenters. The van der Waals surface area contributed by atoms with Crippen LogP contribution in [0.3, 0.4) is 0 Å². The summed E-state index contributed by atoms with van der Waals surface area (Å²) in [6.07, 6.45) is 6.41. The van der Waals surface area contributed by atoms with Crippen LogP contribution in [0.4, 0.5) is 0 Å². The largest absolute Gasteiger partial charge is 0.424 e. The van der Waals surface area contributed by atoms with E-state index in [1.165, 1.54) is 18.4 Å². The van der Waals surface area contributed by atoms with Crippen molar-refractivity contribution in [1.82, 2.24) is 24.9 Å². The molecule has 1 saturated heterocycles. The lowest BCUT2D eigenvalue weighted by Crippen LogP contribution is -2.32. The molecule has 2 aromatic heterocycles. The molecule has 1 fully saturated rings. The fraction of sp³-hybridized carbons (Fsp3) is 0.615. The molecule has 0 bridgehead atoms. The summed E-state index contributed by atoms with van der Waals surface area (Å²) in [6, 6.07) is 0.506. The third-order valence-electron chi connectivity index (χ3n) is 3.57. The van der Waals surface area contributed by atoms with Gasteiger partial charge >= 0.3 is 0 Å². The highest BCUT2D eigenvalue weighted by molar-refractivity contribution is 5.00. The van der Waals surface area contributed by atoms with Crippen molar-refractivity contribution in [1.29, 1.82) is 0 Å². The fourth-order valence-corrected chi connectivity index (χ4v) is 2.67. The van der Waals surface area contributed by atoms with Gasteiger partial charge in [-0.3, -0.25) is 9.58 Å². The third kappa shape index (κ3) is 2.84. The van der Waals surface area contributed by atoms with Crippen molar-refractivity contribution >= 4 is 0 Å². The number of likely N-dealkylation sites (tertiary alicyclic amines) is 1. The third-order valence-corrected chi connectivity index (χ3v) is 3.57. The van der Waals surface area contributed by atoms with E-state index in [1.807, 2.05) is 17.8 Å². The summed E-state index contributed by atoms with van der Waals surface area (Å²) < 4.78 is 7.49. The molecular weight excluding hydrogens is 242 g/mol. The fourth-order valence-electron chi connectivity index (χ4n) is 2.67. The van der Waals surface area contributed by atoms with E-state index >= 15 is 0 Å². The summed E-state index contributed by atoms with van der Waals surface area (Å²) in [7, 11) is 0. The zero-order chi connectivity index (χ0) is 13.2. The van der Waals surface area contributed by atoms with Crippen LogP contribution in [0.25, 0.3) is 0 Å². The molecule has 1 aliphatic rings. The molecule has 0 N–H and O–H groups in total. The van der Waals surface area contributed by atoms with Gasteiger partial charge in [-0.15, -0.1) is 10.2 Å². The Labute approximate surface area is 112 Å². The van der Waals surface area contributed by atoms with E-state index in [0.29, 0.717) is 17.8 Å². The van der Waals surface area contributed by atoms with Crippen LogP contribution in [0.2, 0.25) is 0 Å². The van der Waals surface area contributed by atoms with Crippen molar-refractivity contribution in [3.05, 3.63) is 29.7 Å². The second-order valence-electron chi connectivity index (χ2n) is 5.22. The van der Waals surface area contributed by atoms with Crippen molar-refractivity contribution in [2.45, 2.75) is 45.8 Å². The number of nitrogens with zero attached hydrogens (tertiary/aromatic N) is 5. The minimum Gasteiger partial charge on any atom is -0.424 e. The van der Waals surface area contributed by atoms with Crippen molar-refractivity contribution in [2.24, 2.45) is 0 Å². The molecule has 19 heavy (non-hydrogen) atoms. The monoisotopic (exact) mass is 261 g/mol. The average Bonchev–Trinajstić information content (AvgIpc) is 3.06. The molecule has 6 heteroatoms. The second-order valence-corrected chi connectivity index (χ2v) is 5.22. The van der Waals surface area contributed by atoms with Crippen LogP contribution in [0.1, 0.15) is 30.2 Å². The molecule has 0 aromatic carbocycles. The van der Waals surface area contributed by atoms with Gasteiger partial charge in [0.05, 0.1) is 19.3 Å². The smallest absolute Gasteiger partial charge is 0.230 e. The van der Waals surface area contributed by atoms with Gasteiger partial charge in [-0.1, -0.05) is 0 Å². The summed E-state index contributed by atoms with van der Waals surface area (Å²) >= 11 is 0. The van der Waals surface area contributed by atoms with Gasteiger partial charge in [-0.25, -0.2) is 0 Å². The first-order valence-corrected chi connectivity index (χ1v) is 6.73. The molecule has 0 saturated carbocycles. The predicted molar refractivity (Wildman–Crippen MR) is 69.4 cm³/mol. The molecule has 0 spiro atoms. The number of aryl methyl sites for hydroxylation is 2. The van der Waals surface area contributed by atoms with Gasteiger partial charge in [0.2, 0.25) is 11.8 Å². The summed E-state index contributed by atoms with van der Waals surface area (Å²) in [5.74, 6) is 1.34. The first-order chi connectivity index (χ1) is 9.20. The molecule has 102 valence electrons. The molecule has 1 aliphatic heterocycles. The Bertz CT molecular complexity index is 498. The molecule has 0 radical (unpaired) electrons. The second kappa shape index (κ2) is 5.13. The summed E-state index contributed by atoms with van der Waals surface area (Å²) in [4.78, 5) is 2.41. The number of rotatable bonds is 4. The van der Waals surface area contributed by atoms with Gasteiger partial charge in [-0.2, -0.15) is 5.10 Å². The Kier molecular flexibility index (Phi) is 3.33. The predicted octanol–water partition coefficient (Wildman–Crippen LogP) is 1.55. The molecule has 2 aromatic rings. The van der Waals surface area contributed by atoms with Crippen LogP contribution in [-0.4, -0.2) is 37.5 Å². The quantitative estimate of drug-likeness (QED) is 0.835. The van der Waals surface area contributed by atoms with Gasteiger partial charge in [0.15, 0.2) is 0 Å². The van der Waals surface area contributed by atoms with Crippen LogP contribution < -0.4 is 0 Å². The summed E-state index contributed by atoms with van der Waals surface area (Å²) in [6.45, 7) is 6.65. The Morgan fingerprint density at radius 2 is 2.26 bits per heavy atom. The zero-order valence-electron chi connectivity index (χ0n) is 11.4. The van der Waals surface area contributed by atoms with E-state index in [1.54, 1.807) is 0 Å². The summed E-state index contributed by atoms with van der Waals surface area (Å²) in [5.41, 5.74) is 1.21. The maximum Gasteiger partial charge on any atom is 0.230 e. The van der Waals surface area contributed by atoms with Crippen LogP contribution in [0.15, 0.2) is 16.8 Å². The normalized spacial score (nSPS) is 20.2. The average molecular weight is 261 g/mol. The lowest BCUT2D eigenvalue weighted by molar-refractivity contribution is 0.199. The van der Waals surface area contributed by atoms with Crippen LogP contribution in [-0.2, 0) is 13.1 Å². The highest BCUT2D eigenvalue weighted by atomic mass is 16.4. The van der Waals surface area contributed by atoms with Crippen LogP contribution in [0, 0.1) is 13.8 Å². The Morgan fingerprint density at radius 1 is 1.37 bits per heavy atom. The van der Waals surface area contributed by atoms with E-state index < -0.39 is 0 Å². The molecule has 0 unspecified atom stereocenters. The van der Waals surface area contributed by atoms with Gasteiger partial charge in [0.25, 0.3) is 0 Å². The lowest BCUT2D eigenvalue weighted by Gasteiger charge is -2.22. The SMILES string of the molecule is Cc1cnn(C[C@H]2CCCN2Cc2nnc(C)o2)c1. The van der Waals surface area contributed by atoms with Crippen LogP contribution >= 0.6 is 0 Å². The molecule has 0 amide bonds. The molecule has 6 nitrogen and oxygen atoms in total. The highest BCUT2D eigenvalue weighted by Crippen LogP contribution is 2.21. The highest BCUT2D eigenvalue weighted by Gasteiger charge is 2.26. The number of hydrogen-bond donors (Lipinski definition) is 0. The topological polar surface area (TPSA) is 60.0 Å². The standard InChI is InChI=1S/C13H19N5O/c1-10-6-14-18(7-10)8-12-4-3-5-17(12)9-13-16-15-11(2)19-13/h6-7,12H,3-5,8-9H2,1-2H3/t12-/m1/s1. The van der Waals surface area contributed by atoms with E-state index in [2.05, 4.69) is 33.3 Å². The molecule has 3 heterocycles. The van der Waals surface area contributed by atoms with Crippen molar-refractivity contribution in [3.8, 4) is 0 Å². The molecule has 3 rings (SSSR count). The van der Waals surface area contributed by atoms with Crippen molar-refractivity contribution < 1.29 is 4.42 Å². The van der Waals surface area contributed by atoms with Crippen LogP contribution in [0.5, 0.6) is 0 Å². The first kappa shape index (κ1) is 12.3. The minimum atomic E-state index is 0.506. The first-order valence-electron chi connectivity index (χ1n) is 6.73. The lowest BCUT2D eigenvalue weighted by atomic mass is 10.2. The van der Waals surface area contributed by atoms with Crippen molar-refractivity contribution in [2.75, 3.05) is 6.54 Å². The van der Waals surface area contributed by atoms with Gasteiger partial charge in [0, 0.05) is 19.2 Å². The number of aromatic nitrogens is 4.